The highest BCUT2D eigenvalue weighted by Crippen LogP contribution is 2.35. The predicted octanol–water partition coefficient (Wildman–Crippen LogP) is 5.56. The molecular weight excluding hydrogens is 392 g/mol. The number of phenolic OH excluding ortho intramolecular Hbond substituents is 1. The second kappa shape index (κ2) is 10.9. The van der Waals surface area contributed by atoms with E-state index in [1.807, 2.05) is 32.0 Å². The molecule has 5 nitrogen and oxygen atoms in total. The van der Waals surface area contributed by atoms with Crippen molar-refractivity contribution >= 4 is 0 Å². The van der Waals surface area contributed by atoms with E-state index in [0.29, 0.717) is 41.1 Å². The Bertz CT molecular complexity index is 933. The molecule has 0 aromatic heterocycles. The number of aromatic hydroxyl groups is 1. The molecule has 0 atom stereocenters. The van der Waals surface area contributed by atoms with E-state index in [1.165, 1.54) is 38.2 Å². The molecule has 0 saturated heterocycles. The Kier molecular flexibility index (Phi) is 7.94. The van der Waals surface area contributed by atoms with E-state index in [4.69, 9.17) is 18.9 Å². The van der Waals surface area contributed by atoms with E-state index in [2.05, 4.69) is 11.8 Å². The highest BCUT2D eigenvalue weighted by Gasteiger charge is 2.15. The summed E-state index contributed by atoms with van der Waals surface area (Å²) in [7, 11) is 3.20. The van der Waals surface area contributed by atoms with Crippen LogP contribution in [0.25, 0.3) is 0 Å². The first-order valence-electron chi connectivity index (χ1n) is 10.9. The van der Waals surface area contributed by atoms with E-state index < -0.39 is 0 Å². The summed E-state index contributed by atoms with van der Waals surface area (Å²) < 4.78 is 22.6. The summed E-state index contributed by atoms with van der Waals surface area (Å²) in [6, 6.07) is 8.85. The molecule has 1 aliphatic carbocycles. The zero-order valence-electron chi connectivity index (χ0n) is 18.9. The third kappa shape index (κ3) is 6.24. The molecule has 31 heavy (non-hydrogen) atoms. The molecule has 2 aromatic carbocycles. The molecule has 1 saturated carbocycles. The van der Waals surface area contributed by atoms with Crippen LogP contribution >= 0.6 is 0 Å². The van der Waals surface area contributed by atoms with Crippen LogP contribution in [0.4, 0.5) is 0 Å². The van der Waals surface area contributed by atoms with E-state index in [9.17, 15) is 5.11 Å². The van der Waals surface area contributed by atoms with E-state index in [0.717, 1.165) is 5.56 Å². The Hall–Kier alpha value is -3.00. The third-order valence-electron chi connectivity index (χ3n) is 5.35. The number of ether oxygens (including phenoxy) is 4. The van der Waals surface area contributed by atoms with Crippen LogP contribution in [0.5, 0.6) is 28.7 Å². The van der Waals surface area contributed by atoms with Gasteiger partial charge < -0.3 is 24.1 Å². The van der Waals surface area contributed by atoms with Crippen molar-refractivity contribution in [2.45, 2.75) is 52.1 Å². The first-order chi connectivity index (χ1) is 15.0. The molecule has 0 amide bonds. The average Bonchev–Trinajstić information content (AvgIpc) is 2.77. The maximum absolute atomic E-state index is 10.4. The lowest BCUT2D eigenvalue weighted by molar-refractivity contribution is 0.202. The Morgan fingerprint density at radius 1 is 0.903 bits per heavy atom. The molecule has 3 rings (SSSR count). The first kappa shape index (κ1) is 22.7. The van der Waals surface area contributed by atoms with Crippen LogP contribution < -0.4 is 18.9 Å². The molecule has 1 N–H and O–H groups in total. The van der Waals surface area contributed by atoms with E-state index >= 15 is 0 Å². The molecule has 2 aromatic rings. The number of phenols is 1. The number of methoxy groups -OCH3 is 2. The van der Waals surface area contributed by atoms with Crippen LogP contribution in [0, 0.1) is 17.8 Å². The molecular formula is C26H32O5. The van der Waals surface area contributed by atoms with E-state index in [1.54, 1.807) is 20.3 Å². The highest BCUT2D eigenvalue weighted by molar-refractivity contribution is 5.58. The number of rotatable bonds is 7. The predicted molar refractivity (Wildman–Crippen MR) is 121 cm³/mol. The van der Waals surface area contributed by atoms with Crippen molar-refractivity contribution in [2.75, 3.05) is 20.8 Å². The fraction of sp³-hybridized carbons (Fsp3) is 0.462. The van der Waals surface area contributed by atoms with Crippen molar-refractivity contribution < 1.29 is 24.1 Å². The zero-order chi connectivity index (χ0) is 22.2. The van der Waals surface area contributed by atoms with Gasteiger partial charge in [-0.05, 0) is 50.8 Å². The van der Waals surface area contributed by atoms with Crippen LogP contribution in [0.1, 0.15) is 57.1 Å². The lowest BCUT2D eigenvalue weighted by Gasteiger charge is -2.22. The number of hydrogen-bond donors (Lipinski definition) is 1. The van der Waals surface area contributed by atoms with Gasteiger partial charge in [0.25, 0.3) is 0 Å². The summed E-state index contributed by atoms with van der Waals surface area (Å²) in [5.41, 5.74) is 1.24. The normalized spacial score (nSPS) is 14.0. The van der Waals surface area contributed by atoms with Crippen molar-refractivity contribution in [3.05, 3.63) is 41.5 Å². The zero-order valence-corrected chi connectivity index (χ0v) is 18.9. The topological polar surface area (TPSA) is 57.2 Å². The van der Waals surface area contributed by atoms with Crippen LogP contribution in [-0.2, 0) is 0 Å². The molecule has 0 bridgehead atoms. The molecule has 0 radical (unpaired) electrons. The SMILES string of the molecule is COc1ccc(C#Cc2cc(OC)c(OC(C)C)cc2O)cc1OCC1CCCCC1. The van der Waals surface area contributed by atoms with Crippen molar-refractivity contribution in [2.24, 2.45) is 5.92 Å². The maximum atomic E-state index is 10.4. The van der Waals surface area contributed by atoms with Crippen molar-refractivity contribution in [1.29, 1.82) is 0 Å². The fourth-order valence-electron chi connectivity index (χ4n) is 3.72. The first-order valence-corrected chi connectivity index (χ1v) is 10.9. The number of hydrogen-bond acceptors (Lipinski definition) is 5. The van der Waals surface area contributed by atoms with Crippen molar-refractivity contribution in [1.82, 2.24) is 0 Å². The molecule has 5 heteroatoms. The van der Waals surface area contributed by atoms with Crippen LogP contribution in [0.2, 0.25) is 0 Å². The molecule has 0 aliphatic heterocycles. The Morgan fingerprint density at radius 3 is 2.32 bits per heavy atom. The maximum Gasteiger partial charge on any atom is 0.165 e. The third-order valence-corrected chi connectivity index (χ3v) is 5.35. The van der Waals surface area contributed by atoms with Gasteiger partial charge in [0.05, 0.1) is 32.5 Å². The molecule has 0 heterocycles. The van der Waals surface area contributed by atoms with Gasteiger partial charge in [0.1, 0.15) is 5.75 Å². The fourth-order valence-corrected chi connectivity index (χ4v) is 3.72. The van der Waals surface area contributed by atoms with Gasteiger partial charge in [0, 0.05) is 17.7 Å². The highest BCUT2D eigenvalue weighted by atomic mass is 16.5. The lowest BCUT2D eigenvalue weighted by Crippen LogP contribution is -2.15. The monoisotopic (exact) mass is 424 g/mol. The van der Waals surface area contributed by atoms with Gasteiger partial charge in [-0.1, -0.05) is 31.1 Å². The van der Waals surface area contributed by atoms with Gasteiger partial charge in [0.2, 0.25) is 0 Å². The van der Waals surface area contributed by atoms with Gasteiger partial charge >= 0.3 is 0 Å². The average molecular weight is 425 g/mol. The van der Waals surface area contributed by atoms with Gasteiger partial charge in [-0.25, -0.2) is 0 Å². The molecule has 0 spiro atoms. The summed E-state index contributed by atoms with van der Waals surface area (Å²) in [4.78, 5) is 0. The standard InChI is InChI=1S/C26H32O5/c1-18(2)31-26-16-22(27)21(15-24(26)29-4)12-10-19-11-13-23(28-3)25(14-19)30-17-20-8-6-5-7-9-20/h11,13-16,18,20,27H,5-9,17H2,1-4H3. The largest absolute Gasteiger partial charge is 0.506 e. The van der Waals surface area contributed by atoms with Crippen LogP contribution in [0.15, 0.2) is 30.3 Å². The van der Waals surface area contributed by atoms with Crippen LogP contribution in [0.3, 0.4) is 0 Å². The quantitative estimate of drug-likeness (QED) is 0.590. The summed E-state index contributed by atoms with van der Waals surface area (Å²) in [5.74, 6) is 9.18. The Labute approximate surface area is 185 Å². The molecule has 1 fully saturated rings. The molecule has 0 unspecified atom stereocenters. The summed E-state index contributed by atoms with van der Waals surface area (Å²) in [5, 5.41) is 10.4. The minimum absolute atomic E-state index is 0.0310. The Morgan fingerprint density at radius 2 is 1.65 bits per heavy atom. The minimum Gasteiger partial charge on any atom is -0.506 e. The summed E-state index contributed by atoms with van der Waals surface area (Å²) >= 11 is 0. The van der Waals surface area contributed by atoms with Gasteiger partial charge in [-0.15, -0.1) is 0 Å². The Balaban J connectivity index is 1.80. The second-order valence-corrected chi connectivity index (χ2v) is 8.12. The van der Waals surface area contributed by atoms with Gasteiger partial charge in [0.15, 0.2) is 23.0 Å². The van der Waals surface area contributed by atoms with Crippen LogP contribution in [-0.4, -0.2) is 32.0 Å². The minimum atomic E-state index is -0.0310. The summed E-state index contributed by atoms with van der Waals surface area (Å²) in [6.07, 6.45) is 6.30. The van der Waals surface area contributed by atoms with Gasteiger partial charge in [-0.2, -0.15) is 0 Å². The molecule has 166 valence electrons. The smallest absolute Gasteiger partial charge is 0.165 e. The van der Waals surface area contributed by atoms with E-state index in [-0.39, 0.29) is 11.9 Å². The summed E-state index contributed by atoms with van der Waals surface area (Å²) in [6.45, 7) is 4.53. The number of benzene rings is 2. The van der Waals surface area contributed by atoms with Crippen molar-refractivity contribution in [3.63, 3.8) is 0 Å². The lowest BCUT2D eigenvalue weighted by atomic mass is 9.90. The second-order valence-electron chi connectivity index (χ2n) is 8.12. The van der Waals surface area contributed by atoms with Gasteiger partial charge in [-0.3, -0.25) is 0 Å². The van der Waals surface area contributed by atoms with Crippen molar-refractivity contribution in [3.8, 4) is 40.6 Å². The molecule has 1 aliphatic rings.